The van der Waals surface area contributed by atoms with Gasteiger partial charge in [-0.2, -0.15) is 0 Å². The molecule has 0 aliphatic rings. The van der Waals surface area contributed by atoms with E-state index in [9.17, 15) is 12.8 Å². The summed E-state index contributed by atoms with van der Waals surface area (Å²) in [5.41, 5.74) is 1.82. The summed E-state index contributed by atoms with van der Waals surface area (Å²) in [5.74, 6) is 0.127. The van der Waals surface area contributed by atoms with Crippen molar-refractivity contribution in [2.75, 3.05) is 11.4 Å². The van der Waals surface area contributed by atoms with Crippen LogP contribution in [0.2, 0.25) is 0 Å². The lowest BCUT2D eigenvalue weighted by molar-refractivity contribution is 0.414. The summed E-state index contributed by atoms with van der Waals surface area (Å²) < 4.78 is 46.9. The van der Waals surface area contributed by atoms with Crippen molar-refractivity contribution in [2.24, 2.45) is 0 Å². The second kappa shape index (κ2) is 7.80. The minimum absolute atomic E-state index is 0.0525. The quantitative estimate of drug-likeness (QED) is 0.626. The van der Waals surface area contributed by atoms with Gasteiger partial charge < -0.3 is 4.74 Å². The van der Waals surface area contributed by atoms with Gasteiger partial charge in [0.2, 0.25) is 0 Å². The van der Waals surface area contributed by atoms with Gasteiger partial charge in [0, 0.05) is 0 Å². The summed E-state index contributed by atoms with van der Waals surface area (Å²) in [6, 6.07) is 19.4. The van der Waals surface area contributed by atoms with E-state index in [0.717, 1.165) is 11.1 Å². The number of hydrogen-bond donors (Lipinski definition) is 0. The molecule has 27 heavy (non-hydrogen) atoms. The minimum atomic E-state index is -3.89. The first-order chi connectivity index (χ1) is 12.9. The molecule has 0 saturated heterocycles. The lowest BCUT2D eigenvalue weighted by Crippen LogP contribution is -2.30. The lowest BCUT2D eigenvalue weighted by atomic mass is 10.2. The smallest absolute Gasteiger partial charge is 0.264 e. The van der Waals surface area contributed by atoms with Crippen molar-refractivity contribution in [1.82, 2.24) is 0 Å². The normalized spacial score (nSPS) is 11.2. The Balaban J connectivity index is 2.09. The van der Waals surface area contributed by atoms with Gasteiger partial charge in [-0.1, -0.05) is 30.3 Å². The number of halogens is 1. The monoisotopic (exact) mass is 385 g/mol. The topological polar surface area (TPSA) is 46.6 Å². The molecule has 0 fully saturated rings. The van der Waals surface area contributed by atoms with Crippen LogP contribution in [0.25, 0.3) is 0 Å². The number of ether oxygens (including phenoxy) is 1. The first-order valence-electron chi connectivity index (χ1n) is 8.38. The Morgan fingerprint density at radius 2 is 1.70 bits per heavy atom. The fourth-order valence-electron chi connectivity index (χ4n) is 2.79. The van der Waals surface area contributed by atoms with E-state index in [-0.39, 0.29) is 17.1 Å². The van der Waals surface area contributed by atoms with Gasteiger partial charge in [0.1, 0.15) is 11.6 Å². The minimum Gasteiger partial charge on any atom is -0.497 e. The van der Waals surface area contributed by atoms with Gasteiger partial charge in [0.25, 0.3) is 10.0 Å². The van der Waals surface area contributed by atoms with Crippen molar-refractivity contribution in [3.8, 4) is 5.75 Å². The fourth-order valence-corrected chi connectivity index (χ4v) is 4.34. The third-order valence-electron chi connectivity index (χ3n) is 4.13. The van der Waals surface area contributed by atoms with E-state index in [0.29, 0.717) is 5.75 Å². The molecule has 4 nitrogen and oxygen atoms in total. The molecule has 3 aromatic carbocycles. The maximum absolute atomic E-state index is 13.8. The van der Waals surface area contributed by atoms with E-state index in [1.165, 1.54) is 22.5 Å². The van der Waals surface area contributed by atoms with E-state index in [1.54, 1.807) is 55.6 Å². The van der Waals surface area contributed by atoms with E-state index < -0.39 is 15.8 Å². The van der Waals surface area contributed by atoms with Crippen molar-refractivity contribution < 1.29 is 17.5 Å². The highest BCUT2D eigenvalue weighted by Gasteiger charge is 2.25. The number of aryl methyl sites for hydroxylation is 1. The molecule has 0 unspecified atom stereocenters. The van der Waals surface area contributed by atoms with Crippen molar-refractivity contribution >= 4 is 15.7 Å². The highest BCUT2D eigenvalue weighted by Crippen LogP contribution is 2.27. The van der Waals surface area contributed by atoms with Crippen molar-refractivity contribution in [3.63, 3.8) is 0 Å². The molecule has 6 heteroatoms. The highest BCUT2D eigenvalue weighted by atomic mass is 32.2. The molecular formula is C21H20FNO3S. The Hall–Kier alpha value is -2.86. The molecule has 0 N–H and O–H groups in total. The predicted octanol–water partition coefficient (Wildman–Crippen LogP) is 4.54. The predicted molar refractivity (Wildman–Crippen MR) is 104 cm³/mol. The molecule has 0 aromatic heterocycles. The number of anilines is 1. The van der Waals surface area contributed by atoms with Gasteiger partial charge in [0.15, 0.2) is 0 Å². The van der Waals surface area contributed by atoms with Crippen LogP contribution in [0.15, 0.2) is 77.7 Å². The van der Waals surface area contributed by atoms with Gasteiger partial charge >= 0.3 is 0 Å². The number of hydrogen-bond acceptors (Lipinski definition) is 3. The summed E-state index contributed by atoms with van der Waals surface area (Å²) in [6.45, 7) is 1.88. The standard InChI is InChI=1S/C21H20FNO3S/c1-16-6-3-11-21(12-16)27(24,25)23(19-9-5-8-18(22)14-19)15-17-7-4-10-20(13-17)26-2/h3-14H,15H2,1-2H3. The Bertz CT molecular complexity index is 1050. The second-order valence-electron chi connectivity index (χ2n) is 6.16. The molecule has 3 aromatic rings. The van der Waals surface area contributed by atoms with Crippen molar-refractivity contribution in [2.45, 2.75) is 18.4 Å². The maximum atomic E-state index is 13.8. The third-order valence-corrected chi connectivity index (χ3v) is 5.90. The first kappa shape index (κ1) is 18.9. The van der Waals surface area contributed by atoms with Crippen LogP contribution in [0.1, 0.15) is 11.1 Å². The van der Waals surface area contributed by atoms with Gasteiger partial charge in [-0.15, -0.1) is 0 Å². The summed E-state index contributed by atoms with van der Waals surface area (Å²) in [5, 5.41) is 0. The van der Waals surface area contributed by atoms with Gasteiger partial charge in [-0.3, -0.25) is 4.31 Å². The molecule has 140 valence electrons. The van der Waals surface area contributed by atoms with Gasteiger partial charge in [0.05, 0.1) is 24.2 Å². The molecule has 0 aliphatic carbocycles. The Labute approximate surface area is 158 Å². The zero-order valence-corrected chi connectivity index (χ0v) is 15.9. The summed E-state index contributed by atoms with van der Waals surface area (Å²) in [7, 11) is -2.34. The van der Waals surface area contributed by atoms with Crippen molar-refractivity contribution in [1.29, 1.82) is 0 Å². The van der Waals surface area contributed by atoms with Gasteiger partial charge in [-0.05, 0) is 60.5 Å². The van der Waals surface area contributed by atoms with Crippen LogP contribution in [0.5, 0.6) is 5.75 Å². The zero-order chi connectivity index (χ0) is 19.4. The molecule has 0 atom stereocenters. The van der Waals surface area contributed by atoms with E-state index in [4.69, 9.17) is 4.74 Å². The van der Waals surface area contributed by atoms with Crippen LogP contribution in [-0.2, 0) is 16.6 Å². The van der Waals surface area contributed by atoms with Crippen LogP contribution in [-0.4, -0.2) is 15.5 Å². The number of nitrogens with zero attached hydrogens (tertiary/aromatic N) is 1. The molecular weight excluding hydrogens is 365 g/mol. The molecule has 0 radical (unpaired) electrons. The molecule has 0 saturated carbocycles. The maximum Gasteiger partial charge on any atom is 0.264 e. The highest BCUT2D eigenvalue weighted by molar-refractivity contribution is 7.92. The molecule has 0 aliphatic heterocycles. The molecule has 3 rings (SSSR count). The van der Waals surface area contributed by atoms with E-state index in [1.807, 2.05) is 13.0 Å². The molecule has 0 heterocycles. The molecule has 0 bridgehead atoms. The lowest BCUT2D eigenvalue weighted by Gasteiger charge is -2.25. The number of rotatable bonds is 6. The average Bonchev–Trinajstić information content (AvgIpc) is 2.66. The first-order valence-corrected chi connectivity index (χ1v) is 9.82. The third kappa shape index (κ3) is 4.28. The Morgan fingerprint density at radius 1 is 0.963 bits per heavy atom. The second-order valence-corrected chi connectivity index (χ2v) is 8.02. The number of methoxy groups -OCH3 is 1. The summed E-state index contributed by atoms with van der Waals surface area (Å²) in [6.07, 6.45) is 0. The van der Waals surface area contributed by atoms with Crippen LogP contribution >= 0.6 is 0 Å². The van der Waals surface area contributed by atoms with Crippen LogP contribution < -0.4 is 9.04 Å². The number of sulfonamides is 1. The van der Waals surface area contributed by atoms with Crippen LogP contribution in [0.4, 0.5) is 10.1 Å². The largest absolute Gasteiger partial charge is 0.497 e. The van der Waals surface area contributed by atoms with E-state index >= 15 is 0 Å². The fraction of sp³-hybridized carbons (Fsp3) is 0.143. The van der Waals surface area contributed by atoms with Crippen molar-refractivity contribution in [3.05, 3.63) is 89.7 Å². The summed E-state index contributed by atoms with van der Waals surface area (Å²) >= 11 is 0. The van der Waals surface area contributed by atoms with Gasteiger partial charge in [-0.25, -0.2) is 12.8 Å². The number of benzene rings is 3. The zero-order valence-electron chi connectivity index (χ0n) is 15.1. The Morgan fingerprint density at radius 3 is 2.41 bits per heavy atom. The Kier molecular flexibility index (Phi) is 5.46. The van der Waals surface area contributed by atoms with E-state index in [2.05, 4.69) is 0 Å². The SMILES string of the molecule is COc1cccc(CN(c2cccc(F)c2)S(=O)(=O)c2cccc(C)c2)c1. The average molecular weight is 385 g/mol. The van der Waals surface area contributed by atoms with Crippen LogP contribution in [0, 0.1) is 12.7 Å². The molecule has 0 spiro atoms. The molecule has 0 amide bonds. The van der Waals surface area contributed by atoms with Crippen LogP contribution in [0.3, 0.4) is 0 Å². The summed E-state index contributed by atoms with van der Waals surface area (Å²) in [4.78, 5) is 0.162.